The molecule has 0 saturated heterocycles. The molecule has 0 aromatic heterocycles. The SMILES string of the molecule is CC(C)(C)[C@H]1CC(C(=O)Oc2ccc(Br)cc2)C[C@H](C(C)(C)C)C1. The Bertz CT molecular complexity index is 541. The number of carbonyl (C=O) groups is 1. The zero-order valence-corrected chi connectivity index (χ0v) is 17.4. The van der Waals surface area contributed by atoms with Crippen molar-refractivity contribution < 1.29 is 9.53 Å². The van der Waals surface area contributed by atoms with E-state index in [1.54, 1.807) is 0 Å². The molecular formula is C21H31BrO2. The van der Waals surface area contributed by atoms with Gasteiger partial charge in [-0.25, -0.2) is 0 Å². The molecule has 1 aliphatic carbocycles. The van der Waals surface area contributed by atoms with Crippen LogP contribution in [0.3, 0.4) is 0 Å². The number of rotatable bonds is 2. The van der Waals surface area contributed by atoms with Crippen LogP contribution in [-0.2, 0) is 4.79 Å². The fourth-order valence-corrected chi connectivity index (χ4v) is 3.89. The van der Waals surface area contributed by atoms with Crippen LogP contribution in [0.1, 0.15) is 60.8 Å². The van der Waals surface area contributed by atoms with Crippen LogP contribution in [0.4, 0.5) is 0 Å². The van der Waals surface area contributed by atoms with E-state index in [0.717, 1.165) is 17.3 Å². The van der Waals surface area contributed by atoms with Gasteiger partial charge < -0.3 is 4.74 Å². The molecule has 0 bridgehead atoms. The second-order valence-electron chi connectivity index (χ2n) is 9.40. The van der Waals surface area contributed by atoms with E-state index in [4.69, 9.17) is 4.74 Å². The first-order chi connectivity index (χ1) is 11.0. The average Bonchev–Trinajstić information content (AvgIpc) is 2.47. The van der Waals surface area contributed by atoms with Crippen molar-refractivity contribution in [2.75, 3.05) is 0 Å². The van der Waals surface area contributed by atoms with Gasteiger partial charge in [0.05, 0.1) is 5.92 Å². The fraction of sp³-hybridized carbons (Fsp3) is 0.667. The lowest BCUT2D eigenvalue weighted by Crippen LogP contribution is -2.39. The minimum Gasteiger partial charge on any atom is -0.426 e. The molecule has 2 atom stereocenters. The normalized spacial score (nSPS) is 25.4. The van der Waals surface area contributed by atoms with Gasteiger partial charge in [0.2, 0.25) is 0 Å². The van der Waals surface area contributed by atoms with Crippen molar-refractivity contribution in [3.63, 3.8) is 0 Å². The smallest absolute Gasteiger partial charge is 0.314 e. The van der Waals surface area contributed by atoms with Gasteiger partial charge >= 0.3 is 5.97 Å². The molecule has 1 fully saturated rings. The highest BCUT2D eigenvalue weighted by molar-refractivity contribution is 9.10. The molecule has 3 heteroatoms. The fourth-order valence-electron chi connectivity index (χ4n) is 3.63. The van der Waals surface area contributed by atoms with Crippen molar-refractivity contribution in [1.82, 2.24) is 0 Å². The van der Waals surface area contributed by atoms with Gasteiger partial charge in [0.1, 0.15) is 5.75 Å². The van der Waals surface area contributed by atoms with Crippen LogP contribution in [0.2, 0.25) is 0 Å². The Labute approximate surface area is 155 Å². The Hall–Kier alpha value is -0.830. The van der Waals surface area contributed by atoms with Gasteiger partial charge in [-0.15, -0.1) is 0 Å². The van der Waals surface area contributed by atoms with Crippen LogP contribution >= 0.6 is 15.9 Å². The first-order valence-corrected chi connectivity index (χ1v) is 9.73. The summed E-state index contributed by atoms with van der Waals surface area (Å²) >= 11 is 3.41. The van der Waals surface area contributed by atoms with Gasteiger partial charge in [-0.05, 0) is 66.2 Å². The van der Waals surface area contributed by atoms with Crippen LogP contribution < -0.4 is 4.74 Å². The Morgan fingerprint density at radius 3 is 1.79 bits per heavy atom. The highest BCUT2D eigenvalue weighted by Crippen LogP contribution is 2.48. The molecule has 24 heavy (non-hydrogen) atoms. The Balaban J connectivity index is 2.14. The van der Waals surface area contributed by atoms with Crippen LogP contribution in [0.5, 0.6) is 5.75 Å². The predicted octanol–water partition coefficient (Wildman–Crippen LogP) is 6.48. The summed E-state index contributed by atoms with van der Waals surface area (Å²) in [5, 5.41) is 0. The summed E-state index contributed by atoms with van der Waals surface area (Å²) in [5.41, 5.74) is 0.445. The topological polar surface area (TPSA) is 26.3 Å². The molecule has 0 aliphatic heterocycles. The van der Waals surface area contributed by atoms with E-state index >= 15 is 0 Å². The number of hydrogen-bond donors (Lipinski definition) is 0. The van der Waals surface area contributed by atoms with Crippen molar-refractivity contribution in [2.24, 2.45) is 28.6 Å². The molecule has 0 unspecified atom stereocenters. The van der Waals surface area contributed by atoms with E-state index < -0.39 is 0 Å². The van der Waals surface area contributed by atoms with Crippen LogP contribution in [-0.4, -0.2) is 5.97 Å². The highest BCUT2D eigenvalue weighted by atomic mass is 79.9. The molecular weight excluding hydrogens is 364 g/mol. The largest absolute Gasteiger partial charge is 0.426 e. The first kappa shape index (κ1) is 19.5. The van der Waals surface area contributed by atoms with E-state index in [1.807, 2.05) is 24.3 Å². The molecule has 134 valence electrons. The first-order valence-electron chi connectivity index (χ1n) is 8.94. The van der Waals surface area contributed by atoms with Crippen molar-refractivity contribution in [2.45, 2.75) is 60.8 Å². The number of ether oxygens (including phenoxy) is 1. The number of halogens is 1. The van der Waals surface area contributed by atoms with Crippen LogP contribution in [0.15, 0.2) is 28.7 Å². The van der Waals surface area contributed by atoms with Crippen LogP contribution in [0.25, 0.3) is 0 Å². The molecule has 2 nitrogen and oxygen atoms in total. The van der Waals surface area contributed by atoms with E-state index in [-0.39, 0.29) is 22.7 Å². The standard InChI is InChI=1S/C21H31BrO2/c1-20(2,3)15-11-14(12-16(13-15)21(4,5)6)19(23)24-18-9-7-17(22)8-10-18/h7-10,14-16H,11-13H2,1-6H3/t15-,16-/m0/s1. The van der Waals surface area contributed by atoms with Crippen molar-refractivity contribution in [3.8, 4) is 5.75 Å². The number of benzene rings is 1. The monoisotopic (exact) mass is 394 g/mol. The van der Waals surface area contributed by atoms with Gasteiger partial charge in [-0.2, -0.15) is 0 Å². The van der Waals surface area contributed by atoms with Crippen LogP contribution in [0, 0.1) is 28.6 Å². The molecule has 1 aromatic rings. The summed E-state index contributed by atoms with van der Waals surface area (Å²) in [7, 11) is 0. The van der Waals surface area contributed by atoms with E-state index in [9.17, 15) is 4.79 Å². The summed E-state index contributed by atoms with van der Waals surface area (Å²) < 4.78 is 6.66. The van der Waals surface area contributed by atoms with Gasteiger partial charge in [-0.3, -0.25) is 4.79 Å². The van der Waals surface area contributed by atoms with Gasteiger partial charge in [-0.1, -0.05) is 57.5 Å². The summed E-state index contributed by atoms with van der Waals surface area (Å²) in [5.74, 6) is 1.67. The summed E-state index contributed by atoms with van der Waals surface area (Å²) in [4.78, 5) is 12.8. The maximum atomic E-state index is 12.8. The van der Waals surface area contributed by atoms with Gasteiger partial charge in [0.15, 0.2) is 0 Å². The zero-order chi connectivity index (χ0) is 18.1. The van der Waals surface area contributed by atoms with Crippen molar-refractivity contribution in [3.05, 3.63) is 28.7 Å². The predicted molar refractivity (Wildman–Crippen MR) is 103 cm³/mol. The van der Waals surface area contributed by atoms with Gasteiger partial charge in [0.25, 0.3) is 0 Å². The van der Waals surface area contributed by atoms with E-state index in [0.29, 0.717) is 17.6 Å². The Morgan fingerprint density at radius 2 is 1.38 bits per heavy atom. The summed E-state index contributed by atoms with van der Waals surface area (Å²) in [6.07, 6.45) is 3.08. The number of hydrogen-bond acceptors (Lipinski definition) is 2. The van der Waals surface area contributed by atoms with Gasteiger partial charge in [0, 0.05) is 4.47 Å². The second-order valence-corrected chi connectivity index (χ2v) is 10.3. The average molecular weight is 395 g/mol. The molecule has 0 N–H and O–H groups in total. The van der Waals surface area contributed by atoms with E-state index in [2.05, 4.69) is 57.5 Å². The third kappa shape index (κ3) is 5.08. The molecule has 1 aliphatic rings. The minimum atomic E-state index is -0.0690. The molecule has 2 rings (SSSR count). The Morgan fingerprint density at radius 1 is 0.917 bits per heavy atom. The third-order valence-electron chi connectivity index (χ3n) is 5.52. The second kappa shape index (κ2) is 7.19. The minimum absolute atomic E-state index is 0.00385. The quantitative estimate of drug-likeness (QED) is 0.423. The van der Waals surface area contributed by atoms with Crippen molar-refractivity contribution >= 4 is 21.9 Å². The zero-order valence-electron chi connectivity index (χ0n) is 15.9. The molecule has 0 heterocycles. The third-order valence-corrected chi connectivity index (χ3v) is 6.05. The van der Waals surface area contributed by atoms with E-state index in [1.165, 1.54) is 6.42 Å². The maximum absolute atomic E-state index is 12.8. The maximum Gasteiger partial charge on any atom is 0.314 e. The number of esters is 1. The molecule has 1 saturated carbocycles. The lowest BCUT2D eigenvalue weighted by molar-refractivity contribution is -0.142. The molecule has 0 amide bonds. The lowest BCUT2D eigenvalue weighted by atomic mass is 9.60. The molecule has 0 spiro atoms. The Kier molecular flexibility index (Phi) is 5.84. The summed E-state index contributed by atoms with van der Waals surface area (Å²) in [6.45, 7) is 13.7. The lowest BCUT2D eigenvalue weighted by Gasteiger charge is -2.45. The molecule has 1 aromatic carbocycles. The molecule has 0 radical (unpaired) electrons. The highest BCUT2D eigenvalue weighted by Gasteiger charge is 2.42. The summed E-state index contributed by atoms with van der Waals surface area (Å²) in [6, 6.07) is 7.49. The van der Waals surface area contributed by atoms with Crippen molar-refractivity contribution in [1.29, 1.82) is 0 Å². The number of carbonyl (C=O) groups excluding carboxylic acids is 1.